The lowest BCUT2D eigenvalue weighted by atomic mass is 9.75. The highest BCUT2D eigenvalue weighted by molar-refractivity contribution is 5.99. The number of hydrogen-bond donors (Lipinski definition) is 0. The van der Waals surface area contributed by atoms with E-state index in [1.54, 1.807) is 11.1 Å². The molecule has 0 spiro atoms. The summed E-state index contributed by atoms with van der Waals surface area (Å²) in [6.07, 6.45) is 9.74. The van der Waals surface area contributed by atoms with E-state index in [0.29, 0.717) is 11.7 Å². The van der Waals surface area contributed by atoms with E-state index < -0.39 is 0 Å². The van der Waals surface area contributed by atoms with Crippen LogP contribution in [0.15, 0.2) is 53.1 Å². The van der Waals surface area contributed by atoms with Crippen molar-refractivity contribution in [1.82, 2.24) is 0 Å². The predicted molar refractivity (Wildman–Crippen MR) is 80.6 cm³/mol. The maximum absolute atomic E-state index is 12.9. The molecule has 3 aliphatic rings. The second-order valence-electron chi connectivity index (χ2n) is 6.30. The summed E-state index contributed by atoms with van der Waals surface area (Å²) in [5.74, 6) is 0.930. The summed E-state index contributed by atoms with van der Waals surface area (Å²) in [6.45, 7) is 0. The molecule has 0 saturated heterocycles. The van der Waals surface area contributed by atoms with Crippen molar-refractivity contribution in [3.63, 3.8) is 0 Å². The second kappa shape index (κ2) is 4.73. The number of ketones is 1. The van der Waals surface area contributed by atoms with Crippen LogP contribution >= 0.6 is 0 Å². The molecule has 1 heteroatoms. The van der Waals surface area contributed by atoms with Gasteiger partial charge in [-0.2, -0.15) is 0 Å². The van der Waals surface area contributed by atoms with Crippen LogP contribution in [0.25, 0.3) is 0 Å². The monoisotopic (exact) mass is 264 g/mol. The first kappa shape index (κ1) is 12.1. The summed E-state index contributed by atoms with van der Waals surface area (Å²) in [7, 11) is 0. The van der Waals surface area contributed by atoms with Gasteiger partial charge < -0.3 is 0 Å². The summed E-state index contributed by atoms with van der Waals surface area (Å²) in [5, 5.41) is 0. The van der Waals surface area contributed by atoms with Gasteiger partial charge in [0, 0.05) is 11.5 Å². The first-order chi connectivity index (χ1) is 9.84. The molecule has 3 aliphatic carbocycles. The summed E-state index contributed by atoms with van der Waals surface area (Å²) < 4.78 is 0. The fourth-order valence-electron chi connectivity index (χ4n) is 4.35. The Bertz CT molecular complexity index is 606. The minimum absolute atomic E-state index is 0.103. The van der Waals surface area contributed by atoms with Crippen molar-refractivity contribution in [3.05, 3.63) is 58.7 Å². The fourth-order valence-corrected chi connectivity index (χ4v) is 4.35. The van der Waals surface area contributed by atoms with Crippen molar-refractivity contribution in [2.75, 3.05) is 0 Å². The molecule has 0 bridgehead atoms. The van der Waals surface area contributed by atoms with Gasteiger partial charge in [-0.3, -0.25) is 4.79 Å². The molecule has 0 aromatic heterocycles. The van der Waals surface area contributed by atoms with E-state index in [1.807, 2.05) is 30.3 Å². The zero-order valence-corrected chi connectivity index (χ0v) is 11.8. The van der Waals surface area contributed by atoms with Crippen LogP contribution in [-0.2, 0) is 0 Å². The van der Waals surface area contributed by atoms with Crippen LogP contribution in [0.2, 0.25) is 0 Å². The predicted octanol–water partition coefficient (Wildman–Crippen LogP) is 4.71. The van der Waals surface area contributed by atoms with Gasteiger partial charge in [0.05, 0.1) is 0 Å². The molecular formula is C19H20O. The molecule has 1 nitrogen and oxygen atoms in total. The molecule has 1 aromatic carbocycles. The Morgan fingerprint density at radius 3 is 2.70 bits per heavy atom. The van der Waals surface area contributed by atoms with Gasteiger partial charge in [-0.15, -0.1) is 0 Å². The third-order valence-electron chi connectivity index (χ3n) is 5.23. The average molecular weight is 264 g/mol. The Morgan fingerprint density at radius 2 is 1.85 bits per heavy atom. The number of carbonyl (C=O) groups is 1. The van der Waals surface area contributed by atoms with Crippen LogP contribution in [0.4, 0.5) is 0 Å². The number of carbonyl (C=O) groups excluding carboxylic acids is 1. The molecule has 4 rings (SSSR count). The molecule has 102 valence electrons. The van der Waals surface area contributed by atoms with Gasteiger partial charge >= 0.3 is 0 Å². The van der Waals surface area contributed by atoms with Gasteiger partial charge in [0.15, 0.2) is 5.78 Å². The summed E-state index contributed by atoms with van der Waals surface area (Å²) >= 11 is 0. The maximum Gasteiger partial charge on any atom is 0.170 e. The standard InChI is InChI=1S/C19H20O/c20-19(13-6-2-1-3-7-13)18-12-14-8-4-9-15(14)16-10-5-11-17(16)18/h1-3,6-7,12,17-18H,4-5,8-11H2/t17-,18-/m1/s1. The normalized spacial score (nSPS) is 28.1. The molecular weight excluding hydrogens is 244 g/mol. The van der Waals surface area contributed by atoms with E-state index in [-0.39, 0.29) is 5.92 Å². The van der Waals surface area contributed by atoms with Gasteiger partial charge in [0.25, 0.3) is 0 Å². The Hall–Kier alpha value is -1.63. The van der Waals surface area contributed by atoms with Gasteiger partial charge in [0.1, 0.15) is 0 Å². The SMILES string of the molecule is O=C(c1ccccc1)[C@@H]1C=C2CCCC2=C2CCC[C@H]21. The minimum atomic E-state index is 0.103. The number of allylic oxidation sites excluding steroid dienone is 4. The lowest BCUT2D eigenvalue weighted by molar-refractivity contribution is 0.0918. The molecule has 0 unspecified atom stereocenters. The number of fused-ring (bicyclic) bond motifs is 2. The lowest BCUT2D eigenvalue weighted by Crippen LogP contribution is -2.25. The Morgan fingerprint density at radius 1 is 1.00 bits per heavy atom. The van der Waals surface area contributed by atoms with E-state index >= 15 is 0 Å². The Kier molecular flexibility index (Phi) is 2.87. The third-order valence-corrected chi connectivity index (χ3v) is 5.23. The Labute approximate surface area is 120 Å². The van der Waals surface area contributed by atoms with Crippen LogP contribution in [0.1, 0.15) is 48.9 Å². The van der Waals surface area contributed by atoms with Gasteiger partial charge in [-0.1, -0.05) is 42.0 Å². The highest BCUT2D eigenvalue weighted by Crippen LogP contribution is 2.49. The molecule has 20 heavy (non-hydrogen) atoms. The van der Waals surface area contributed by atoms with E-state index in [9.17, 15) is 4.79 Å². The Balaban J connectivity index is 1.73. The quantitative estimate of drug-likeness (QED) is 0.707. The minimum Gasteiger partial charge on any atom is -0.293 e. The molecule has 0 heterocycles. The molecule has 1 aromatic rings. The number of benzene rings is 1. The van der Waals surface area contributed by atoms with Crippen LogP contribution in [-0.4, -0.2) is 5.78 Å². The maximum atomic E-state index is 12.9. The molecule has 0 N–H and O–H groups in total. The van der Waals surface area contributed by atoms with E-state index in [4.69, 9.17) is 0 Å². The number of hydrogen-bond acceptors (Lipinski definition) is 1. The van der Waals surface area contributed by atoms with Gasteiger partial charge in [-0.25, -0.2) is 0 Å². The summed E-state index contributed by atoms with van der Waals surface area (Å²) in [6, 6.07) is 9.84. The molecule has 2 fully saturated rings. The molecule has 2 saturated carbocycles. The van der Waals surface area contributed by atoms with Crippen LogP contribution < -0.4 is 0 Å². The van der Waals surface area contributed by atoms with Crippen molar-refractivity contribution < 1.29 is 4.79 Å². The number of rotatable bonds is 2. The van der Waals surface area contributed by atoms with Crippen molar-refractivity contribution >= 4 is 5.78 Å². The summed E-state index contributed by atoms with van der Waals surface area (Å²) in [4.78, 5) is 12.9. The van der Waals surface area contributed by atoms with E-state index in [1.165, 1.54) is 44.1 Å². The molecule has 0 amide bonds. The van der Waals surface area contributed by atoms with Crippen LogP contribution in [0, 0.1) is 11.8 Å². The average Bonchev–Trinajstić information content (AvgIpc) is 3.14. The van der Waals surface area contributed by atoms with Crippen molar-refractivity contribution in [2.24, 2.45) is 11.8 Å². The fraction of sp³-hybridized carbons (Fsp3) is 0.421. The highest BCUT2D eigenvalue weighted by atomic mass is 16.1. The molecule has 0 radical (unpaired) electrons. The largest absolute Gasteiger partial charge is 0.293 e. The lowest BCUT2D eigenvalue weighted by Gasteiger charge is -2.28. The van der Waals surface area contributed by atoms with Crippen LogP contribution in [0.3, 0.4) is 0 Å². The van der Waals surface area contributed by atoms with Gasteiger partial charge in [0.2, 0.25) is 0 Å². The second-order valence-corrected chi connectivity index (χ2v) is 6.30. The topological polar surface area (TPSA) is 17.1 Å². The molecule has 2 atom stereocenters. The van der Waals surface area contributed by atoms with Crippen LogP contribution in [0.5, 0.6) is 0 Å². The summed E-state index contributed by atoms with van der Waals surface area (Å²) in [5.41, 5.74) is 5.63. The zero-order valence-electron chi connectivity index (χ0n) is 11.8. The van der Waals surface area contributed by atoms with Crippen molar-refractivity contribution in [2.45, 2.75) is 38.5 Å². The zero-order chi connectivity index (χ0) is 13.5. The van der Waals surface area contributed by atoms with E-state index in [2.05, 4.69) is 6.08 Å². The molecule has 0 aliphatic heterocycles. The first-order valence-corrected chi connectivity index (χ1v) is 7.87. The van der Waals surface area contributed by atoms with E-state index in [0.717, 1.165) is 5.56 Å². The highest BCUT2D eigenvalue weighted by Gasteiger charge is 2.39. The first-order valence-electron chi connectivity index (χ1n) is 7.87. The van der Waals surface area contributed by atoms with Gasteiger partial charge in [-0.05, 0) is 55.6 Å². The van der Waals surface area contributed by atoms with Crippen molar-refractivity contribution in [1.29, 1.82) is 0 Å². The smallest absolute Gasteiger partial charge is 0.170 e. The number of Topliss-reactive ketones (excluding diaryl/α,β-unsaturated/α-hetero) is 1. The third kappa shape index (κ3) is 1.80. The van der Waals surface area contributed by atoms with Crippen molar-refractivity contribution in [3.8, 4) is 0 Å².